The predicted molar refractivity (Wildman–Crippen MR) is 106 cm³/mol. The maximum Gasteiger partial charge on any atom is 0.267 e. The van der Waals surface area contributed by atoms with Crippen molar-refractivity contribution in [2.24, 2.45) is 5.16 Å². The van der Waals surface area contributed by atoms with Crippen LogP contribution >= 0.6 is 0 Å². The molecule has 1 unspecified atom stereocenters. The normalized spacial score (nSPS) is 11.6. The summed E-state index contributed by atoms with van der Waals surface area (Å²) in [5.74, 6) is 1.93. The largest absolute Gasteiger partial charge is 0.493 e. The Morgan fingerprint density at radius 3 is 2.07 bits per heavy atom. The zero-order valence-corrected chi connectivity index (χ0v) is 16.5. The summed E-state index contributed by atoms with van der Waals surface area (Å²) < 4.78 is 20.8. The van der Waals surface area contributed by atoms with Crippen LogP contribution in [-0.4, -0.2) is 46.7 Å². The van der Waals surface area contributed by atoms with Gasteiger partial charge in [0.15, 0.2) is 23.0 Å². The van der Waals surface area contributed by atoms with Gasteiger partial charge in [-0.05, 0) is 37.3 Å². The summed E-state index contributed by atoms with van der Waals surface area (Å²) in [4.78, 5) is 17.5. The molecule has 0 aliphatic heterocycles. The molecule has 2 aromatic rings. The van der Waals surface area contributed by atoms with Gasteiger partial charge in [0.25, 0.3) is 5.91 Å². The molecule has 0 heterocycles. The van der Waals surface area contributed by atoms with Crippen LogP contribution in [0.4, 0.5) is 5.69 Å². The highest BCUT2D eigenvalue weighted by Crippen LogP contribution is 2.30. The zero-order valence-electron chi connectivity index (χ0n) is 16.5. The van der Waals surface area contributed by atoms with Gasteiger partial charge in [0, 0.05) is 17.3 Å². The van der Waals surface area contributed by atoms with Gasteiger partial charge in [-0.25, -0.2) is 0 Å². The monoisotopic (exact) mass is 388 g/mol. The van der Waals surface area contributed by atoms with Gasteiger partial charge in [0.1, 0.15) is 0 Å². The fourth-order valence-electron chi connectivity index (χ4n) is 2.32. The minimum atomic E-state index is -0.801. The molecule has 1 amide bonds. The molecule has 0 fully saturated rings. The molecule has 0 radical (unpaired) electrons. The number of ether oxygens (including phenoxy) is 4. The van der Waals surface area contributed by atoms with Crippen molar-refractivity contribution in [1.29, 1.82) is 0 Å². The predicted octanol–water partition coefficient (Wildman–Crippen LogP) is 3.10. The summed E-state index contributed by atoms with van der Waals surface area (Å²) in [5.41, 5.74) is 1.30. The van der Waals surface area contributed by atoms with Gasteiger partial charge in [-0.15, -0.1) is 0 Å². The lowest BCUT2D eigenvalue weighted by Gasteiger charge is -2.13. The lowest BCUT2D eigenvalue weighted by molar-refractivity contribution is -0.126. The first kappa shape index (κ1) is 20.9. The molecular weight excluding hydrogens is 364 g/mol. The Morgan fingerprint density at radius 1 is 0.893 bits per heavy atom. The number of oxime groups is 1. The van der Waals surface area contributed by atoms with Gasteiger partial charge in [-0.1, -0.05) is 5.16 Å². The van der Waals surface area contributed by atoms with Crippen molar-refractivity contribution in [1.82, 2.24) is 0 Å². The number of hydrogen-bond donors (Lipinski definition) is 1. The number of benzene rings is 2. The second-order valence-electron chi connectivity index (χ2n) is 5.66. The Labute approximate surface area is 164 Å². The molecule has 1 N–H and O–H groups in total. The molecule has 8 heteroatoms. The van der Waals surface area contributed by atoms with E-state index in [0.29, 0.717) is 28.7 Å². The number of anilines is 1. The lowest BCUT2D eigenvalue weighted by Crippen LogP contribution is -2.26. The lowest BCUT2D eigenvalue weighted by atomic mass is 10.2. The topological polar surface area (TPSA) is 87.6 Å². The second kappa shape index (κ2) is 10.1. The van der Waals surface area contributed by atoms with Crippen LogP contribution in [0.3, 0.4) is 0 Å². The van der Waals surface area contributed by atoms with Crippen molar-refractivity contribution in [2.75, 3.05) is 33.8 Å². The number of carbonyl (C=O) groups is 1. The van der Waals surface area contributed by atoms with E-state index in [4.69, 9.17) is 23.8 Å². The average molecular weight is 388 g/mol. The summed E-state index contributed by atoms with van der Waals surface area (Å²) in [7, 11) is 6.18. The number of nitrogens with one attached hydrogen (secondary N) is 1. The first-order chi connectivity index (χ1) is 13.5. The number of nitrogens with zero attached hydrogens (tertiary/aromatic N) is 1. The van der Waals surface area contributed by atoms with Crippen molar-refractivity contribution >= 4 is 17.8 Å². The minimum absolute atomic E-state index is 0.350. The van der Waals surface area contributed by atoms with E-state index >= 15 is 0 Å². The molecule has 28 heavy (non-hydrogen) atoms. The van der Waals surface area contributed by atoms with E-state index in [1.807, 2.05) is 0 Å². The fraction of sp³-hybridized carbons (Fsp3) is 0.300. The Morgan fingerprint density at radius 2 is 1.46 bits per heavy atom. The van der Waals surface area contributed by atoms with Gasteiger partial charge in [0.05, 0.1) is 34.7 Å². The fourth-order valence-corrected chi connectivity index (χ4v) is 2.32. The molecule has 0 bridgehead atoms. The van der Waals surface area contributed by atoms with E-state index in [-0.39, 0.29) is 5.91 Å². The SMILES string of the molecule is COc1ccc(/C=N/OC(C)C(=O)Nc2ccc(OC)c(OC)c2)cc1OC. The maximum absolute atomic E-state index is 12.3. The van der Waals surface area contributed by atoms with E-state index < -0.39 is 6.10 Å². The van der Waals surface area contributed by atoms with Crippen molar-refractivity contribution < 1.29 is 28.6 Å². The Bertz CT molecular complexity index is 837. The number of hydrogen-bond acceptors (Lipinski definition) is 7. The van der Waals surface area contributed by atoms with Crippen LogP contribution in [0, 0.1) is 0 Å². The smallest absolute Gasteiger partial charge is 0.267 e. The van der Waals surface area contributed by atoms with Crippen molar-refractivity contribution in [2.45, 2.75) is 13.0 Å². The molecule has 0 aromatic heterocycles. The molecule has 0 aliphatic carbocycles. The van der Waals surface area contributed by atoms with Gasteiger partial charge in [-0.3, -0.25) is 4.79 Å². The first-order valence-corrected chi connectivity index (χ1v) is 8.46. The summed E-state index contributed by atoms with van der Waals surface area (Å²) in [5, 5.41) is 6.61. The molecular formula is C20H24N2O6. The average Bonchev–Trinajstić information content (AvgIpc) is 2.73. The van der Waals surface area contributed by atoms with E-state index in [1.165, 1.54) is 13.3 Å². The van der Waals surface area contributed by atoms with Gasteiger partial charge in [-0.2, -0.15) is 0 Å². The Balaban J connectivity index is 1.96. The number of methoxy groups -OCH3 is 4. The summed E-state index contributed by atoms with van der Waals surface area (Å²) in [6.45, 7) is 1.60. The molecule has 1 atom stereocenters. The van der Waals surface area contributed by atoms with Crippen molar-refractivity contribution in [3.05, 3.63) is 42.0 Å². The Hall–Kier alpha value is -3.42. The van der Waals surface area contributed by atoms with Crippen LogP contribution < -0.4 is 24.3 Å². The molecule has 8 nitrogen and oxygen atoms in total. The van der Waals surface area contributed by atoms with E-state index in [1.54, 1.807) is 64.7 Å². The third-order valence-electron chi connectivity index (χ3n) is 3.85. The molecule has 150 valence electrons. The number of carbonyl (C=O) groups excluding carboxylic acids is 1. The van der Waals surface area contributed by atoms with Crippen LogP contribution in [0.25, 0.3) is 0 Å². The van der Waals surface area contributed by atoms with Crippen LogP contribution in [0.5, 0.6) is 23.0 Å². The van der Waals surface area contributed by atoms with Crippen LogP contribution in [0.2, 0.25) is 0 Å². The van der Waals surface area contributed by atoms with Gasteiger partial charge in [0.2, 0.25) is 6.10 Å². The molecule has 0 saturated carbocycles. The zero-order chi connectivity index (χ0) is 20.5. The van der Waals surface area contributed by atoms with Crippen LogP contribution in [0.15, 0.2) is 41.6 Å². The highest BCUT2D eigenvalue weighted by Gasteiger charge is 2.15. The van der Waals surface area contributed by atoms with Crippen LogP contribution in [0.1, 0.15) is 12.5 Å². The van der Waals surface area contributed by atoms with Crippen LogP contribution in [-0.2, 0) is 9.63 Å². The molecule has 2 rings (SSSR count). The molecule has 0 spiro atoms. The van der Waals surface area contributed by atoms with E-state index in [9.17, 15) is 4.79 Å². The quantitative estimate of drug-likeness (QED) is 0.525. The summed E-state index contributed by atoms with van der Waals surface area (Å²) >= 11 is 0. The second-order valence-corrected chi connectivity index (χ2v) is 5.66. The number of amides is 1. The summed E-state index contributed by atoms with van der Waals surface area (Å²) in [6.07, 6.45) is 0.687. The standard InChI is InChI=1S/C20H24N2O6/c1-13(20(23)22-15-7-9-17(25-3)19(11-15)27-5)28-21-12-14-6-8-16(24-2)18(10-14)26-4/h6-13H,1-5H3,(H,22,23)/b21-12+. The highest BCUT2D eigenvalue weighted by atomic mass is 16.6. The third kappa shape index (κ3) is 5.29. The minimum Gasteiger partial charge on any atom is -0.493 e. The number of rotatable bonds is 9. The van der Waals surface area contributed by atoms with Crippen molar-refractivity contribution in [3.63, 3.8) is 0 Å². The highest BCUT2D eigenvalue weighted by molar-refractivity contribution is 5.94. The van der Waals surface area contributed by atoms with E-state index in [2.05, 4.69) is 10.5 Å². The maximum atomic E-state index is 12.3. The van der Waals surface area contributed by atoms with Gasteiger partial charge < -0.3 is 29.1 Å². The third-order valence-corrected chi connectivity index (χ3v) is 3.85. The van der Waals surface area contributed by atoms with E-state index in [0.717, 1.165) is 5.56 Å². The summed E-state index contributed by atoms with van der Waals surface area (Å²) in [6, 6.07) is 10.4. The van der Waals surface area contributed by atoms with Gasteiger partial charge >= 0.3 is 0 Å². The molecule has 0 aliphatic rings. The van der Waals surface area contributed by atoms with Crippen molar-refractivity contribution in [3.8, 4) is 23.0 Å². The first-order valence-electron chi connectivity index (χ1n) is 8.46. The molecule has 0 saturated heterocycles. The Kier molecular flexibility index (Phi) is 7.50. The molecule has 2 aromatic carbocycles.